The topological polar surface area (TPSA) is 33.2 Å². The summed E-state index contributed by atoms with van der Waals surface area (Å²) in [6, 6.07) is 6.11. The molecule has 0 aliphatic carbocycles. The van der Waals surface area contributed by atoms with Crippen molar-refractivity contribution in [2.75, 3.05) is 11.4 Å². The third-order valence-electron chi connectivity index (χ3n) is 3.12. The van der Waals surface area contributed by atoms with Crippen LogP contribution in [0.1, 0.15) is 20.9 Å². The van der Waals surface area contributed by atoms with E-state index >= 15 is 0 Å². The summed E-state index contributed by atoms with van der Waals surface area (Å²) in [5, 5.41) is 2.40. The largest absolute Gasteiger partial charge is 0.306 e. The van der Waals surface area contributed by atoms with Crippen LogP contribution in [0.15, 0.2) is 29.8 Å². The summed E-state index contributed by atoms with van der Waals surface area (Å²) < 4.78 is 0. The molecule has 0 radical (unpaired) electrons. The number of carbonyl (C=O) groups is 1. The molecule has 2 aromatic rings. The van der Waals surface area contributed by atoms with Crippen LogP contribution >= 0.6 is 11.3 Å². The van der Waals surface area contributed by atoms with Crippen LogP contribution < -0.4 is 4.90 Å². The van der Waals surface area contributed by atoms with E-state index in [0.717, 1.165) is 18.7 Å². The second-order valence-corrected chi connectivity index (χ2v) is 5.01. The highest BCUT2D eigenvalue weighted by Crippen LogP contribution is 2.31. The Morgan fingerprint density at radius 2 is 2.35 bits per heavy atom. The molecule has 0 spiro atoms. The Morgan fingerprint density at radius 3 is 3.12 bits per heavy atom. The van der Waals surface area contributed by atoms with Crippen molar-refractivity contribution >= 4 is 22.9 Å². The molecule has 3 rings (SSSR count). The fourth-order valence-electron chi connectivity index (χ4n) is 2.26. The minimum absolute atomic E-state index is 0.0179. The van der Waals surface area contributed by atoms with Crippen LogP contribution in [0.2, 0.25) is 0 Å². The Morgan fingerprint density at radius 1 is 1.47 bits per heavy atom. The monoisotopic (exact) mass is 244 g/mol. The molecular formula is C13H12N2OS. The SMILES string of the molecule is Cc1cccc2c1CCN2C(=O)c1nccs1. The molecule has 1 amide bonds. The molecule has 0 N–H and O–H groups in total. The molecule has 0 atom stereocenters. The Kier molecular flexibility index (Phi) is 2.44. The van der Waals surface area contributed by atoms with Crippen LogP contribution in [-0.2, 0) is 6.42 Å². The number of hydrogen-bond donors (Lipinski definition) is 0. The zero-order chi connectivity index (χ0) is 11.8. The third kappa shape index (κ3) is 1.65. The first-order valence-electron chi connectivity index (χ1n) is 5.57. The van der Waals surface area contributed by atoms with Gasteiger partial charge in [0.15, 0.2) is 5.01 Å². The average molecular weight is 244 g/mol. The molecule has 4 heteroatoms. The molecule has 1 aromatic heterocycles. The molecule has 0 bridgehead atoms. The predicted octanol–water partition coefficient (Wildman–Crippen LogP) is 2.65. The molecule has 0 unspecified atom stereocenters. The summed E-state index contributed by atoms with van der Waals surface area (Å²) in [5.41, 5.74) is 3.60. The lowest BCUT2D eigenvalue weighted by atomic mass is 10.1. The molecular weight excluding hydrogens is 232 g/mol. The highest BCUT2D eigenvalue weighted by atomic mass is 32.1. The number of rotatable bonds is 1. The molecule has 17 heavy (non-hydrogen) atoms. The summed E-state index contributed by atoms with van der Waals surface area (Å²) in [6.07, 6.45) is 2.62. The highest BCUT2D eigenvalue weighted by molar-refractivity contribution is 7.11. The van der Waals surface area contributed by atoms with Gasteiger partial charge in [-0.15, -0.1) is 11.3 Å². The molecule has 3 nitrogen and oxygen atoms in total. The van der Waals surface area contributed by atoms with E-state index in [0.29, 0.717) is 5.01 Å². The number of carbonyl (C=O) groups excluding carboxylic acids is 1. The second kappa shape index (κ2) is 3.96. The van der Waals surface area contributed by atoms with E-state index < -0.39 is 0 Å². The van der Waals surface area contributed by atoms with Gasteiger partial charge < -0.3 is 4.90 Å². The lowest BCUT2D eigenvalue weighted by molar-refractivity contribution is 0.0989. The number of amides is 1. The number of anilines is 1. The van der Waals surface area contributed by atoms with Gasteiger partial charge >= 0.3 is 0 Å². The van der Waals surface area contributed by atoms with Crippen molar-refractivity contribution in [3.05, 3.63) is 45.9 Å². The summed E-state index contributed by atoms with van der Waals surface area (Å²) in [4.78, 5) is 18.2. The number of nitrogens with zero attached hydrogens (tertiary/aromatic N) is 2. The van der Waals surface area contributed by atoms with Gasteiger partial charge in [0.05, 0.1) is 0 Å². The van der Waals surface area contributed by atoms with Crippen molar-refractivity contribution in [2.24, 2.45) is 0 Å². The van der Waals surface area contributed by atoms with Crippen LogP contribution in [0, 0.1) is 6.92 Å². The van der Waals surface area contributed by atoms with Gasteiger partial charge in [0.2, 0.25) is 0 Å². The molecule has 0 saturated carbocycles. The van der Waals surface area contributed by atoms with E-state index in [9.17, 15) is 4.79 Å². The van der Waals surface area contributed by atoms with Crippen molar-refractivity contribution in [3.8, 4) is 0 Å². The van der Waals surface area contributed by atoms with E-state index in [2.05, 4.69) is 18.0 Å². The first kappa shape index (κ1) is 10.5. The minimum atomic E-state index is 0.0179. The van der Waals surface area contributed by atoms with E-state index in [1.807, 2.05) is 22.4 Å². The fourth-order valence-corrected chi connectivity index (χ4v) is 2.85. The average Bonchev–Trinajstić information content (AvgIpc) is 2.98. The van der Waals surface area contributed by atoms with Gasteiger partial charge in [0.1, 0.15) is 0 Å². The molecule has 1 aliphatic rings. The first-order chi connectivity index (χ1) is 8.27. The maximum Gasteiger partial charge on any atom is 0.287 e. The maximum absolute atomic E-state index is 12.3. The number of fused-ring (bicyclic) bond motifs is 1. The fraction of sp³-hybridized carbons (Fsp3) is 0.231. The first-order valence-corrected chi connectivity index (χ1v) is 6.45. The summed E-state index contributed by atoms with van der Waals surface area (Å²) >= 11 is 1.39. The maximum atomic E-state index is 12.3. The lowest BCUT2D eigenvalue weighted by Crippen LogP contribution is -2.28. The Bertz CT molecular complexity index is 563. The zero-order valence-corrected chi connectivity index (χ0v) is 10.3. The lowest BCUT2D eigenvalue weighted by Gasteiger charge is -2.15. The molecule has 1 aliphatic heterocycles. The summed E-state index contributed by atoms with van der Waals surface area (Å²) in [6.45, 7) is 2.86. The Hall–Kier alpha value is -1.68. The van der Waals surface area contributed by atoms with Crippen molar-refractivity contribution in [2.45, 2.75) is 13.3 Å². The molecule has 2 heterocycles. The number of aromatic nitrogens is 1. The van der Waals surface area contributed by atoms with Crippen molar-refractivity contribution in [1.82, 2.24) is 4.98 Å². The quantitative estimate of drug-likeness (QED) is 0.772. The van der Waals surface area contributed by atoms with Gasteiger partial charge in [-0.05, 0) is 30.5 Å². The van der Waals surface area contributed by atoms with Crippen molar-refractivity contribution < 1.29 is 4.79 Å². The van der Waals surface area contributed by atoms with Gasteiger partial charge in [-0.25, -0.2) is 4.98 Å². The number of benzene rings is 1. The molecule has 0 saturated heterocycles. The van der Waals surface area contributed by atoms with Crippen molar-refractivity contribution in [3.63, 3.8) is 0 Å². The van der Waals surface area contributed by atoms with Gasteiger partial charge in [-0.2, -0.15) is 0 Å². The summed E-state index contributed by atoms with van der Waals surface area (Å²) in [5.74, 6) is 0.0179. The normalized spacial score (nSPS) is 13.8. The molecule has 0 fully saturated rings. The standard InChI is InChI=1S/C13H12N2OS/c1-9-3-2-4-11-10(9)5-7-15(11)13(16)12-14-6-8-17-12/h2-4,6,8H,5,7H2,1H3. The van der Waals surface area contributed by atoms with Crippen LogP contribution in [0.3, 0.4) is 0 Å². The Balaban J connectivity index is 1.99. The van der Waals surface area contributed by atoms with Gasteiger partial charge in [-0.3, -0.25) is 4.79 Å². The van der Waals surface area contributed by atoms with Crippen LogP contribution in [-0.4, -0.2) is 17.4 Å². The van der Waals surface area contributed by atoms with E-state index in [1.165, 1.54) is 22.5 Å². The summed E-state index contributed by atoms with van der Waals surface area (Å²) in [7, 11) is 0. The van der Waals surface area contributed by atoms with Crippen molar-refractivity contribution in [1.29, 1.82) is 0 Å². The number of aryl methyl sites for hydroxylation is 1. The second-order valence-electron chi connectivity index (χ2n) is 4.12. The van der Waals surface area contributed by atoms with E-state index in [-0.39, 0.29) is 5.91 Å². The van der Waals surface area contributed by atoms with Crippen LogP contribution in [0.25, 0.3) is 0 Å². The predicted molar refractivity (Wildman–Crippen MR) is 68.7 cm³/mol. The smallest absolute Gasteiger partial charge is 0.287 e. The van der Waals surface area contributed by atoms with Gasteiger partial charge in [0, 0.05) is 23.8 Å². The van der Waals surface area contributed by atoms with Gasteiger partial charge in [0.25, 0.3) is 5.91 Å². The third-order valence-corrected chi connectivity index (χ3v) is 3.88. The zero-order valence-electron chi connectivity index (χ0n) is 9.51. The molecule has 86 valence electrons. The van der Waals surface area contributed by atoms with Gasteiger partial charge in [-0.1, -0.05) is 12.1 Å². The highest BCUT2D eigenvalue weighted by Gasteiger charge is 2.27. The molecule has 1 aromatic carbocycles. The van der Waals surface area contributed by atoms with E-state index in [1.54, 1.807) is 6.20 Å². The number of hydrogen-bond acceptors (Lipinski definition) is 3. The van der Waals surface area contributed by atoms with Crippen LogP contribution in [0.4, 0.5) is 5.69 Å². The Labute approximate surface area is 104 Å². The van der Waals surface area contributed by atoms with E-state index in [4.69, 9.17) is 0 Å². The number of thiazole rings is 1. The minimum Gasteiger partial charge on any atom is -0.306 e. The van der Waals surface area contributed by atoms with Crippen LogP contribution in [0.5, 0.6) is 0 Å².